The molecule has 0 aliphatic rings. The van der Waals surface area contributed by atoms with Crippen LogP contribution < -0.4 is 20.4 Å². The van der Waals surface area contributed by atoms with Crippen LogP contribution >= 0.6 is 0 Å². The summed E-state index contributed by atoms with van der Waals surface area (Å²) in [6.45, 7) is 6.68. The molecule has 1 amide bonds. The Hall–Kier alpha value is -3.91. The number of carbonyl (C=O) groups excluding carboxylic acids is 1. The van der Waals surface area contributed by atoms with E-state index in [4.69, 9.17) is 13.9 Å². The lowest BCUT2D eigenvalue weighted by Crippen LogP contribution is -2.67. The van der Waals surface area contributed by atoms with Crippen LogP contribution in [0.25, 0.3) is 0 Å². The van der Waals surface area contributed by atoms with Crippen molar-refractivity contribution in [1.82, 2.24) is 5.32 Å². The van der Waals surface area contributed by atoms with Crippen molar-refractivity contribution in [3.05, 3.63) is 126 Å². The molecule has 0 heterocycles. The largest absolute Gasteiger partial charge is 0.497 e. The molecule has 0 saturated carbocycles. The summed E-state index contributed by atoms with van der Waals surface area (Å²) in [5, 5.41) is 16.5. The molecule has 0 aliphatic heterocycles. The Morgan fingerprint density at radius 3 is 1.80 bits per heavy atom. The van der Waals surface area contributed by atoms with E-state index in [1.54, 1.807) is 19.2 Å². The number of rotatable bonds is 11. The molecule has 0 aliphatic carbocycles. The van der Waals surface area contributed by atoms with Crippen molar-refractivity contribution >= 4 is 24.8 Å². The molecule has 2 N–H and O–H groups in total. The third-order valence-electron chi connectivity index (χ3n) is 7.23. The lowest BCUT2D eigenvalue weighted by molar-refractivity contribution is 0.0623. The van der Waals surface area contributed by atoms with Gasteiger partial charge in [0.05, 0.1) is 19.8 Å². The van der Waals surface area contributed by atoms with Crippen molar-refractivity contribution < 1.29 is 23.8 Å². The van der Waals surface area contributed by atoms with E-state index in [2.05, 4.69) is 50.4 Å². The molecule has 1 unspecified atom stereocenters. The van der Waals surface area contributed by atoms with Crippen LogP contribution in [0.1, 0.15) is 37.9 Å². The van der Waals surface area contributed by atoms with Gasteiger partial charge in [-0.1, -0.05) is 124 Å². The highest BCUT2D eigenvalue weighted by Crippen LogP contribution is 2.37. The lowest BCUT2D eigenvalue weighted by Gasteiger charge is -2.43. The van der Waals surface area contributed by atoms with Gasteiger partial charge in [0, 0.05) is 0 Å². The molecule has 6 nitrogen and oxygen atoms in total. The number of hydrogen-bond donors (Lipinski definition) is 2. The summed E-state index contributed by atoms with van der Waals surface area (Å²) in [6, 6.07) is 36.5. The Bertz CT molecular complexity index is 1320. The van der Waals surface area contributed by atoms with Gasteiger partial charge in [0.2, 0.25) is 0 Å². The fraction of sp³-hybridized carbons (Fsp3) is 0.265. The van der Waals surface area contributed by atoms with E-state index in [1.807, 2.05) is 78.9 Å². The Kier molecular flexibility index (Phi) is 9.99. The number of nitrogens with one attached hydrogen (secondary N) is 1. The molecule has 4 rings (SSSR count). The second-order valence-electron chi connectivity index (χ2n) is 11.0. The molecular weight excluding hydrogens is 530 g/mol. The Morgan fingerprint density at radius 2 is 1.32 bits per heavy atom. The quantitative estimate of drug-likeness (QED) is 0.230. The summed E-state index contributed by atoms with van der Waals surface area (Å²) in [5.41, 5.74) is 1.58. The number of aliphatic hydroxyl groups is 1. The summed E-state index contributed by atoms with van der Waals surface area (Å²) in [6.07, 6.45) is -1.69. The summed E-state index contributed by atoms with van der Waals surface area (Å²) < 4.78 is 17.8. The van der Waals surface area contributed by atoms with Crippen LogP contribution in [0.4, 0.5) is 4.79 Å². The van der Waals surface area contributed by atoms with Crippen LogP contribution in [0.3, 0.4) is 0 Å². The highest BCUT2D eigenvalue weighted by atomic mass is 28.4. The van der Waals surface area contributed by atoms with Crippen LogP contribution in [0.5, 0.6) is 5.75 Å². The van der Waals surface area contributed by atoms with E-state index in [-0.39, 0.29) is 18.3 Å². The van der Waals surface area contributed by atoms with Gasteiger partial charge in [-0.05, 0) is 38.7 Å². The van der Waals surface area contributed by atoms with E-state index in [0.717, 1.165) is 15.9 Å². The number of alkyl carbamates (subject to hydrolysis) is 1. The first-order chi connectivity index (χ1) is 19.7. The molecule has 7 heteroatoms. The van der Waals surface area contributed by atoms with Crippen molar-refractivity contribution in [2.75, 3.05) is 13.7 Å². The number of carbonyl (C=O) groups is 1. The fourth-order valence-electron chi connectivity index (χ4n) is 5.17. The van der Waals surface area contributed by atoms with Crippen LogP contribution in [-0.4, -0.2) is 39.3 Å². The Balaban J connectivity index is 1.62. The first-order valence-electron chi connectivity index (χ1n) is 13.8. The van der Waals surface area contributed by atoms with E-state index >= 15 is 0 Å². The molecular formula is C34H39NO5Si. The van der Waals surface area contributed by atoms with Gasteiger partial charge < -0.3 is 24.3 Å². The monoisotopic (exact) mass is 569 g/mol. The minimum absolute atomic E-state index is 0.00292. The first kappa shape index (κ1) is 30.1. The van der Waals surface area contributed by atoms with E-state index in [9.17, 15) is 9.90 Å². The zero-order valence-electron chi connectivity index (χ0n) is 24.1. The fourth-order valence-corrected chi connectivity index (χ4v) is 9.75. The van der Waals surface area contributed by atoms with E-state index in [1.165, 1.54) is 0 Å². The van der Waals surface area contributed by atoms with Crippen molar-refractivity contribution in [2.45, 2.75) is 44.6 Å². The van der Waals surface area contributed by atoms with Crippen molar-refractivity contribution in [2.24, 2.45) is 0 Å². The van der Waals surface area contributed by atoms with Gasteiger partial charge in [0.1, 0.15) is 18.5 Å². The predicted octanol–water partition coefficient (Wildman–Crippen LogP) is 5.60. The number of amides is 1. The second kappa shape index (κ2) is 13.6. The predicted molar refractivity (Wildman–Crippen MR) is 165 cm³/mol. The van der Waals surface area contributed by atoms with Crippen LogP contribution in [0.15, 0.2) is 115 Å². The maximum Gasteiger partial charge on any atom is 0.408 e. The van der Waals surface area contributed by atoms with Crippen LogP contribution in [0.2, 0.25) is 5.04 Å². The molecule has 0 radical (unpaired) electrons. The topological polar surface area (TPSA) is 77.0 Å². The minimum atomic E-state index is -2.90. The first-order valence-corrected chi connectivity index (χ1v) is 15.7. The van der Waals surface area contributed by atoms with Gasteiger partial charge in [0.15, 0.2) is 0 Å². The van der Waals surface area contributed by atoms with Crippen LogP contribution in [0, 0.1) is 0 Å². The molecule has 2 atom stereocenters. The van der Waals surface area contributed by atoms with Gasteiger partial charge in [-0.15, -0.1) is 0 Å². The van der Waals surface area contributed by atoms with Gasteiger partial charge in [-0.25, -0.2) is 4.79 Å². The Morgan fingerprint density at radius 1 is 0.805 bits per heavy atom. The van der Waals surface area contributed by atoms with Crippen molar-refractivity contribution in [3.63, 3.8) is 0 Å². The molecule has 0 bridgehead atoms. The Labute approximate surface area is 244 Å². The van der Waals surface area contributed by atoms with Crippen molar-refractivity contribution in [3.8, 4) is 5.75 Å². The molecule has 0 aromatic heterocycles. The number of methoxy groups -OCH3 is 1. The third kappa shape index (κ3) is 7.24. The standard InChI is InChI=1S/C34H39NO5Si/c1-34(2,3)41(29-16-10-6-11-17-29,30-18-12-7-13-19-30)40-25-31(36)32(27-20-22-28(38-4)23-21-27)35-33(37)39-24-26-14-8-5-9-15-26/h5-23,31-32,36H,24-25H2,1-4H3,(H,35,37)/t31-,32?/m1/s1. The van der Waals surface area contributed by atoms with Gasteiger partial charge in [-0.3, -0.25) is 0 Å². The summed E-state index contributed by atoms with van der Waals surface area (Å²) >= 11 is 0. The van der Waals surface area contributed by atoms with Gasteiger partial charge in [0.25, 0.3) is 8.32 Å². The molecule has 4 aromatic rings. The van der Waals surface area contributed by atoms with Crippen molar-refractivity contribution in [1.29, 1.82) is 0 Å². The van der Waals surface area contributed by atoms with Crippen LogP contribution in [-0.2, 0) is 15.8 Å². The summed E-state index contributed by atoms with van der Waals surface area (Å²) in [5.74, 6) is 0.678. The number of aliphatic hydroxyl groups excluding tert-OH is 1. The minimum Gasteiger partial charge on any atom is -0.497 e. The van der Waals surface area contributed by atoms with Gasteiger partial charge in [-0.2, -0.15) is 0 Å². The van der Waals surface area contributed by atoms with E-state index < -0.39 is 26.6 Å². The van der Waals surface area contributed by atoms with E-state index in [0.29, 0.717) is 11.3 Å². The van der Waals surface area contributed by atoms with Gasteiger partial charge >= 0.3 is 6.09 Å². The average molecular weight is 570 g/mol. The molecule has 0 saturated heterocycles. The number of ether oxygens (including phenoxy) is 2. The highest BCUT2D eigenvalue weighted by Gasteiger charge is 2.50. The maximum atomic E-state index is 12.9. The lowest BCUT2D eigenvalue weighted by atomic mass is 10.0. The SMILES string of the molecule is COc1ccc(C(NC(=O)OCc2ccccc2)[C@H](O)CO[Si](c2ccccc2)(c2ccccc2)C(C)(C)C)cc1. The third-order valence-corrected chi connectivity index (χ3v) is 12.2. The number of benzene rings is 4. The molecule has 41 heavy (non-hydrogen) atoms. The zero-order chi connectivity index (χ0) is 29.3. The molecule has 0 spiro atoms. The molecule has 214 valence electrons. The zero-order valence-corrected chi connectivity index (χ0v) is 25.1. The maximum absolute atomic E-state index is 12.9. The smallest absolute Gasteiger partial charge is 0.408 e. The highest BCUT2D eigenvalue weighted by molar-refractivity contribution is 6.99. The molecule has 4 aromatic carbocycles. The average Bonchev–Trinajstić information content (AvgIpc) is 3.00. The second-order valence-corrected chi connectivity index (χ2v) is 15.3. The summed E-state index contributed by atoms with van der Waals surface area (Å²) in [7, 11) is -1.30. The molecule has 0 fully saturated rings. The summed E-state index contributed by atoms with van der Waals surface area (Å²) in [4.78, 5) is 12.9. The normalized spacial score (nSPS) is 13.2. The number of hydrogen-bond acceptors (Lipinski definition) is 5.